The highest BCUT2D eigenvalue weighted by atomic mass is 19.1. The van der Waals surface area contributed by atoms with Gasteiger partial charge in [-0.25, -0.2) is 4.39 Å². The molecule has 0 fully saturated rings. The lowest BCUT2D eigenvalue weighted by molar-refractivity contribution is -0.136. The van der Waals surface area contributed by atoms with E-state index in [1.807, 2.05) is 26.0 Å². The Kier molecular flexibility index (Phi) is 5.61. The molecule has 28 heavy (non-hydrogen) atoms. The molecule has 2 aromatic carbocycles. The van der Waals surface area contributed by atoms with E-state index in [1.54, 1.807) is 6.92 Å². The van der Waals surface area contributed by atoms with Crippen LogP contribution in [-0.4, -0.2) is 28.4 Å². The van der Waals surface area contributed by atoms with Gasteiger partial charge in [-0.15, -0.1) is 0 Å². The maximum Gasteiger partial charge on any atom is 0.303 e. The largest absolute Gasteiger partial charge is 0.488 e. The molecule has 0 saturated heterocycles. The molecule has 0 amide bonds. The van der Waals surface area contributed by atoms with Gasteiger partial charge >= 0.3 is 5.97 Å². The van der Waals surface area contributed by atoms with Crippen molar-refractivity contribution >= 4 is 5.97 Å². The molecule has 6 heteroatoms. The van der Waals surface area contributed by atoms with Crippen LogP contribution >= 0.6 is 0 Å². The summed E-state index contributed by atoms with van der Waals surface area (Å²) in [7, 11) is 0. The molecule has 2 aromatic rings. The lowest BCUT2D eigenvalue weighted by atomic mass is 9.98. The Morgan fingerprint density at radius 2 is 2.00 bits per heavy atom. The van der Waals surface area contributed by atoms with Crippen molar-refractivity contribution in [3.63, 3.8) is 0 Å². The van der Waals surface area contributed by atoms with Crippen molar-refractivity contribution in [1.29, 1.82) is 0 Å². The number of carboxylic acid groups (broad SMARTS) is 1. The van der Waals surface area contributed by atoms with Gasteiger partial charge in [0.05, 0.1) is 6.61 Å². The fraction of sp³-hybridized carbons (Fsp3) is 0.409. The van der Waals surface area contributed by atoms with Gasteiger partial charge in [0.2, 0.25) is 0 Å². The van der Waals surface area contributed by atoms with Gasteiger partial charge in [-0.3, -0.25) is 4.79 Å². The predicted octanol–water partition coefficient (Wildman–Crippen LogP) is 3.72. The van der Waals surface area contributed by atoms with E-state index in [0.29, 0.717) is 29.9 Å². The first-order chi connectivity index (χ1) is 13.2. The van der Waals surface area contributed by atoms with E-state index in [-0.39, 0.29) is 25.5 Å². The van der Waals surface area contributed by atoms with E-state index >= 15 is 0 Å². The molecule has 5 nitrogen and oxygen atoms in total. The van der Waals surface area contributed by atoms with Gasteiger partial charge < -0.3 is 19.7 Å². The Morgan fingerprint density at radius 1 is 1.25 bits per heavy atom. The summed E-state index contributed by atoms with van der Waals surface area (Å²) < 4.78 is 25.9. The van der Waals surface area contributed by atoms with E-state index in [0.717, 1.165) is 22.3 Å². The van der Waals surface area contributed by atoms with Crippen LogP contribution in [0, 0.1) is 19.7 Å². The van der Waals surface area contributed by atoms with E-state index in [9.17, 15) is 14.3 Å². The fourth-order valence-corrected chi connectivity index (χ4v) is 3.53. The number of halogens is 1. The highest BCUT2D eigenvalue weighted by Crippen LogP contribution is 2.39. The number of aliphatic carboxylic acids is 1. The van der Waals surface area contributed by atoms with Crippen LogP contribution in [0.2, 0.25) is 0 Å². The molecule has 1 heterocycles. The number of aliphatic hydroxyl groups is 1. The Bertz CT molecular complexity index is 908. The molecule has 1 atom stereocenters. The second-order valence-corrected chi connectivity index (χ2v) is 7.60. The minimum absolute atomic E-state index is 0.0802. The van der Waals surface area contributed by atoms with Crippen molar-refractivity contribution in [2.24, 2.45) is 0 Å². The van der Waals surface area contributed by atoms with Crippen molar-refractivity contribution in [2.75, 3.05) is 6.61 Å². The van der Waals surface area contributed by atoms with E-state index < -0.39 is 11.6 Å². The summed E-state index contributed by atoms with van der Waals surface area (Å²) in [5.41, 5.74) is 3.47. The second-order valence-electron chi connectivity index (χ2n) is 7.60. The molecule has 1 unspecified atom stereocenters. The maximum atomic E-state index is 14.0. The Morgan fingerprint density at radius 3 is 2.68 bits per heavy atom. The highest BCUT2D eigenvalue weighted by molar-refractivity contribution is 5.67. The van der Waals surface area contributed by atoms with E-state index in [4.69, 9.17) is 14.6 Å². The number of carboxylic acids is 1. The first-order valence-electron chi connectivity index (χ1n) is 9.27. The van der Waals surface area contributed by atoms with Crippen molar-refractivity contribution in [2.45, 2.75) is 52.2 Å². The standard InChI is InChI=1S/C22H25FO5/c1-13-14(2)19(6-4-15(13)5-7-20(25)26)27-11-17-9-18(23)8-16-10-22(3,12-24)28-21(16)17/h4,6,8-9,24H,5,7,10-12H2,1-3H3,(H,25,26). The first kappa shape index (κ1) is 20.1. The summed E-state index contributed by atoms with van der Waals surface area (Å²) in [6, 6.07) is 6.52. The predicted molar refractivity (Wildman–Crippen MR) is 102 cm³/mol. The smallest absolute Gasteiger partial charge is 0.303 e. The summed E-state index contributed by atoms with van der Waals surface area (Å²) in [5.74, 6) is 0.0511. The van der Waals surface area contributed by atoms with Crippen LogP contribution in [0.5, 0.6) is 11.5 Å². The molecule has 1 aliphatic heterocycles. The molecule has 0 bridgehead atoms. The zero-order valence-corrected chi connectivity index (χ0v) is 16.3. The lowest BCUT2D eigenvalue weighted by Crippen LogP contribution is -2.34. The second kappa shape index (κ2) is 7.80. The van der Waals surface area contributed by atoms with E-state index in [2.05, 4.69) is 0 Å². The van der Waals surface area contributed by atoms with Crippen LogP contribution in [0.3, 0.4) is 0 Å². The number of aliphatic hydroxyl groups excluding tert-OH is 1. The Labute approximate surface area is 163 Å². The summed E-state index contributed by atoms with van der Waals surface area (Å²) >= 11 is 0. The third-order valence-corrected chi connectivity index (χ3v) is 5.30. The molecule has 0 saturated carbocycles. The average Bonchev–Trinajstić information content (AvgIpc) is 2.98. The van der Waals surface area contributed by atoms with Gasteiger partial charge in [0, 0.05) is 24.0 Å². The lowest BCUT2D eigenvalue weighted by Gasteiger charge is -2.21. The third-order valence-electron chi connectivity index (χ3n) is 5.30. The van der Waals surface area contributed by atoms with Gasteiger partial charge in [0.1, 0.15) is 29.5 Å². The summed E-state index contributed by atoms with van der Waals surface area (Å²) in [6.07, 6.45) is 0.990. The Balaban J connectivity index is 1.79. The molecular weight excluding hydrogens is 363 g/mol. The number of benzene rings is 2. The summed E-state index contributed by atoms with van der Waals surface area (Å²) in [6.45, 7) is 5.63. The molecule has 1 aliphatic rings. The van der Waals surface area contributed by atoms with Crippen LogP contribution in [0.15, 0.2) is 24.3 Å². The van der Waals surface area contributed by atoms with Crippen molar-refractivity contribution in [1.82, 2.24) is 0 Å². The maximum absolute atomic E-state index is 14.0. The number of aryl methyl sites for hydroxylation is 1. The molecule has 0 aliphatic carbocycles. The van der Waals surface area contributed by atoms with Gasteiger partial charge in [0.15, 0.2) is 0 Å². The highest BCUT2D eigenvalue weighted by Gasteiger charge is 2.36. The summed E-state index contributed by atoms with van der Waals surface area (Å²) in [4.78, 5) is 10.8. The van der Waals surface area contributed by atoms with Gasteiger partial charge in [-0.05, 0) is 62.1 Å². The quantitative estimate of drug-likeness (QED) is 0.756. The van der Waals surface area contributed by atoms with Crippen molar-refractivity contribution in [3.05, 3.63) is 57.9 Å². The van der Waals surface area contributed by atoms with Crippen molar-refractivity contribution < 1.29 is 28.9 Å². The Hall–Kier alpha value is -2.60. The molecule has 3 rings (SSSR count). The summed E-state index contributed by atoms with van der Waals surface area (Å²) in [5, 5.41) is 18.4. The van der Waals surface area contributed by atoms with Gasteiger partial charge in [-0.2, -0.15) is 0 Å². The molecule has 0 aromatic heterocycles. The van der Waals surface area contributed by atoms with Crippen molar-refractivity contribution in [3.8, 4) is 11.5 Å². The molecule has 2 N–H and O–H groups in total. The van der Waals surface area contributed by atoms with Crippen LogP contribution in [0.1, 0.15) is 41.2 Å². The SMILES string of the molecule is Cc1c(CCC(=O)O)ccc(OCc2cc(F)cc3c2OC(C)(CO)C3)c1C. The number of fused-ring (bicyclic) bond motifs is 1. The normalized spacial score (nSPS) is 17.9. The van der Waals surface area contributed by atoms with E-state index in [1.165, 1.54) is 12.1 Å². The zero-order chi connectivity index (χ0) is 20.5. The number of rotatable bonds is 7. The minimum Gasteiger partial charge on any atom is -0.488 e. The van der Waals surface area contributed by atoms with Gasteiger partial charge in [-0.1, -0.05) is 6.07 Å². The fourth-order valence-electron chi connectivity index (χ4n) is 3.53. The first-order valence-corrected chi connectivity index (χ1v) is 9.27. The van der Waals surface area contributed by atoms with Crippen LogP contribution in [-0.2, 0) is 24.2 Å². The molecule has 150 valence electrons. The zero-order valence-electron chi connectivity index (χ0n) is 16.3. The minimum atomic E-state index is -0.827. The number of ether oxygens (including phenoxy) is 2. The number of hydrogen-bond donors (Lipinski definition) is 2. The average molecular weight is 388 g/mol. The van der Waals surface area contributed by atoms with Crippen LogP contribution < -0.4 is 9.47 Å². The number of hydrogen-bond acceptors (Lipinski definition) is 4. The third kappa shape index (κ3) is 4.12. The van der Waals surface area contributed by atoms with Gasteiger partial charge in [0.25, 0.3) is 0 Å². The molecule has 0 radical (unpaired) electrons. The molecule has 0 spiro atoms. The van der Waals surface area contributed by atoms with Crippen LogP contribution in [0.4, 0.5) is 4.39 Å². The molecular formula is C22H25FO5. The topological polar surface area (TPSA) is 76.0 Å². The van der Waals surface area contributed by atoms with Crippen LogP contribution in [0.25, 0.3) is 0 Å². The number of carbonyl (C=O) groups is 1. The monoisotopic (exact) mass is 388 g/mol.